The molecule has 110 valence electrons. The minimum atomic E-state index is -0.963. The molecule has 0 bridgehead atoms. The van der Waals surface area contributed by atoms with Crippen molar-refractivity contribution < 1.29 is 50.8 Å². The first kappa shape index (κ1) is 24.0. The number of hydrogen-bond acceptors (Lipinski definition) is 3. The molecule has 0 fully saturated rings. The summed E-state index contributed by atoms with van der Waals surface area (Å²) in [4.78, 5) is 19.7. The van der Waals surface area contributed by atoms with Crippen molar-refractivity contribution in [2.24, 2.45) is 5.73 Å². The van der Waals surface area contributed by atoms with Crippen LogP contribution in [-0.2, 0) is 9.59 Å². The molecule has 0 aliphatic rings. The fourth-order valence-electron chi connectivity index (χ4n) is 1.23. The third-order valence-electron chi connectivity index (χ3n) is 2.38. The maximum Gasteiger partial charge on any atom is 1.00 e. The van der Waals surface area contributed by atoms with Gasteiger partial charge in [-0.3, -0.25) is 9.59 Å². The van der Waals surface area contributed by atoms with Crippen molar-refractivity contribution in [1.82, 2.24) is 0 Å². The standard InChI is InChI=1S/C10H20O2.C3H7NO2.Na.H/c1-2-3-4-5-6-7-8-9-10(11)12;1-2(4)3(5)6;;/h2-9H2,1H3,(H,11,12);2H,4H2,1H3,(H,5,6);;/q;;+1;-1. The van der Waals surface area contributed by atoms with Gasteiger partial charge in [0.25, 0.3) is 0 Å². The SMILES string of the molecule is CC(N)C(=O)O.CCCCCCCCCC(=O)O.[H-].[Na+]. The zero-order valence-electron chi connectivity index (χ0n) is 13.5. The van der Waals surface area contributed by atoms with E-state index in [1.54, 1.807) is 0 Å². The molecule has 0 aromatic heterocycles. The van der Waals surface area contributed by atoms with Crippen molar-refractivity contribution in [3.8, 4) is 0 Å². The predicted molar refractivity (Wildman–Crippen MR) is 72.6 cm³/mol. The quantitative estimate of drug-likeness (QED) is 0.400. The molecule has 1 atom stereocenters. The van der Waals surface area contributed by atoms with Crippen LogP contribution in [0, 0.1) is 0 Å². The van der Waals surface area contributed by atoms with Gasteiger partial charge in [-0.1, -0.05) is 45.4 Å². The molecular formula is C13H28NNaO4. The summed E-state index contributed by atoms with van der Waals surface area (Å²) in [5.74, 6) is -1.63. The van der Waals surface area contributed by atoms with Crippen LogP contribution in [0.2, 0.25) is 0 Å². The van der Waals surface area contributed by atoms with Crippen LogP contribution < -0.4 is 35.3 Å². The van der Waals surface area contributed by atoms with Crippen molar-refractivity contribution in [1.29, 1.82) is 0 Å². The molecule has 0 spiro atoms. The van der Waals surface area contributed by atoms with Gasteiger partial charge in [-0.25, -0.2) is 0 Å². The fourth-order valence-corrected chi connectivity index (χ4v) is 1.23. The molecule has 0 amide bonds. The molecule has 0 rings (SSSR count). The first-order valence-electron chi connectivity index (χ1n) is 6.62. The molecular weight excluding hydrogens is 257 g/mol. The topological polar surface area (TPSA) is 101 Å². The molecule has 0 aliphatic heterocycles. The molecule has 0 saturated carbocycles. The maximum atomic E-state index is 10.1. The summed E-state index contributed by atoms with van der Waals surface area (Å²) < 4.78 is 0. The largest absolute Gasteiger partial charge is 1.00 e. The maximum absolute atomic E-state index is 10.1. The van der Waals surface area contributed by atoms with E-state index in [0.717, 1.165) is 12.8 Å². The normalized spacial score (nSPS) is 10.7. The average molecular weight is 285 g/mol. The van der Waals surface area contributed by atoms with E-state index in [-0.39, 0.29) is 31.0 Å². The van der Waals surface area contributed by atoms with Crippen LogP contribution in [0.4, 0.5) is 0 Å². The molecule has 0 radical (unpaired) electrons. The van der Waals surface area contributed by atoms with E-state index in [2.05, 4.69) is 6.92 Å². The van der Waals surface area contributed by atoms with Gasteiger partial charge in [-0.2, -0.15) is 0 Å². The third kappa shape index (κ3) is 27.2. The summed E-state index contributed by atoms with van der Waals surface area (Å²) in [6.45, 7) is 3.62. The van der Waals surface area contributed by atoms with Crippen LogP contribution in [0.3, 0.4) is 0 Å². The summed E-state index contributed by atoms with van der Waals surface area (Å²) in [6.07, 6.45) is 8.64. The Kier molecular flexibility index (Phi) is 22.6. The van der Waals surface area contributed by atoms with Gasteiger partial charge in [0.2, 0.25) is 0 Å². The van der Waals surface area contributed by atoms with E-state index in [1.807, 2.05) is 0 Å². The minimum Gasteiger partial charge on any atom is -1.00 e. The van der Waals surface area contributed by atoms with Gasteiger partial charge in [0.15, 0.2) is 0 Å². The van der Waals surface area contributed by atoms with E-state index >= 15 is 0 Å². The van der Waals surface area contributed by atoms with Crippen molar-refractivity contribution in [3.05, 3.63) is 0 Å². The average Bonchev–Trinajstić information content (AvgIpc) is 2.28. The summed E-state index contributed by atoms with van der Waals surface area (Å²) in [5, 5.41) is 16.2. The number of hydrogen-bond donors (Lipinski definition) is 3. The number of unbranched alkanes of at least 4 members (excludes halogenated alkanes) is 6. The fraction of sp³-hybridized carbons (Fsp3) is 0.846. The number of rotatable bonds is 9. The molecule has 1 unspecified atom stereocenters. The Morgan fingerprint density at radius 1 is 1.05 bits per heavy atom. The molecule has 0 aromatic rings. The van der Waals surface area contributed by atoms with Crippen LogP contribution in [0.1, 0.15) is 66.6 Å². The van der Waals surface area contributed by atoms with Gasteiger partial charge >= 0.3 is 41.5 Å². The van der Waals surface area contributed by atoms with Crippen molar-refractivity contribution in [2.75, 3.05) is 0 Å². The van der Waals surface area contributed by atoms with Crippen LogP contribution in [-0.4, -0.2) is 28.2 Å². The Hall–Kier alpha value is -0.100. The van der Waals surface area contributed by atoms with E-state index in [1.165, 1.54) is 39.0 Å². The zero-order valence-corrected chi connectivity index (χ0v) is 14.5. The number of aliphatic carboxylic acids is 2. The summed E-state index contributed by atoms with van der Waals surface area (Å²) in [5.41, 5.74) is 4.84. The van der Waals surface area contributed by atoms with E-state index < -0.39 is 18.0 Å². The molecule has 4 N–H and O–H groups in total. The number of carboxylic acids is 2. The summed E-state index contributed by atoms with van der Waals surface area (Å²) >= 11 is 0. The molecule has 5 nitrogen and oxygen atoms in total. The van der Waals surface area contributed by atoms with Gasteiger partial charge in [0.05, 0.1) is 0 Å². The smallest absolute Gasteiger partial charge is 1.00 e. The number of nitrogens with two attached hydrogens (primary N) is 1. The Morgan fingerprint density at radius 3 is 1.74 bits per heavy atom. The summed E-state index contributed by atoms with van der Waals surface area (Å²) in [7, 11) is 0. The van der Waals surface area contributed by atoms with Crippen molar-refractivity contribution >= 4 is 11.9 Å². The second kappa shape index (κ2) is 17.9. The second-order valence-electron chi connectivity index (χ2n) is 4.39. The predicted octanol–water partition coefficient (Wildman–Crippen LogP) is -0.254. The molecule has 0 aromatic carbocycles. The number of carboxylic acid groups (broad SMARTS) is 2. The molecule has 0 heterocycles. The Morgan fingerprint density at radius 2 is 1.42 bits per heavy atom. The van der Waals surface area contributed by atoms with Gasteiger partial charge in [-0.15, -0.1) is 0 Å². The van der Waals surface area contributed by atoms with Crippen LogP contribution >= 0.6 is 0 Å². The molecule has 19 heavy (non-hydrogen) atoms. The Bertz CT molecular complexity index is 228. The van der Waals surface area contributed by atoms with E-state index in [0.29, 0.717) is 6.42 Å². The molecule has 0 saturated heterocycles. The monoisotopic (exact) mass is 285 g/mol. The van der Waals surface area contributed by atoms with Gasteiger partial charge < -0.3 is 17.4 Å². The minimum absolute atomic E-state index is 0. The van der Waals surface area contributed by atoms with Gasteiger partial charge in [-0.05, 0) is 13.3 Å². The van der Waals surface area contributed by atoms with Crippen LogP contribution in [0.5, 0.6) is 0 Å². The number of carbonyl (C=O) groups is 2. The Balaban J connectivity index is -0.000000139. The Labute approximate surface area is 139 Å². The first-order valence-corrected chi connectivity index (χ1v) is 6.62. The van der Waals surface area contributed by atoms with Crippen molar-refractivity contribution in [3.63, 3.8) is 0 Å². The van der Waals surface area contributed by atoms with Crippen LogP contribution in [0.25, 0.3) is 0 Å². The zero-order chi connectivity index (χ0) is 14.4. The second-order valence-corrected chi connectivity index (χ2v) is 4.39. The third-order valence-corrected chi connectivity index (χ3v) is 2.38. The molecule has 6 heteroatoms. The van der Waals surface area contributed by atoms with E-state index in [9.17, 15) is 9.59 Å². The first-order chi connectivity index (χ1) is 8.41. The molecule has 0 aliphatic carbocycles. The van der Waals surface area contributed by atoms with Gasteiger partial charge in [0.1, 0.15) is 6.04 Å². The van der Waals surface area contributed by atoms with Gasteiger partial charge in [0, 0.05) is 6.42 Å². The van der Waals surface area contributed by atoms with Crippen molar-refractivity contribution in [2.45, 2.75) is 71.3 Å². The van der Waals surface area contributed by atoms with Crippen LogP contribution in [0.15, 0.2) is 0 Å². The summed E-state index contributed by atoms with van der Waals surface area (Å²) in [6, 6.07) is -0.731. The van der Waals surface area contributed by atoms with E-state index in [4.69, 9.17) is 15.9 Å².